The number of ketones is 1. The minimum Gasteiger partial charge on any atom is -0.383 e. The molecular formula is C11H16N2O2. The lowest BCUT2D eigenvalue weighted by Crippen LogP contribution is -2.35. The van der Waals surface area contributed by atoms with Crippen molar-refractivity contribution in [2.24, 2.45) is 0 Å². The van der Waals surface area contributed by atoms with Crippen LogP contribution in [0.15, 0.2) is 18.3 Å². The van der Waals surface area contributed by atoms with Gasteiger partial charge in [-0.15, -0.1) is 0 Å². The molecule has 0 spiro atoms. The fourth-order valence-corrected chi connectivity index (χ4v) is 1.36. The molecule has 4 heteroatoms. The third-order valence-corrected chi connectivity index (χ3v) is 2.14. The molecule has 4 nitrogen and oxygen atoms in total. The normalized spacial score (nSPS) is 11.4. The lowest BCUT2D eigenvalue weighted by molar-refractivity contribution is 0.00130. The van der Waals surface area contributed by atoms with Crippen LogP contribution in [0.4, 0.5) is 5.82 Å². The number of rotatable bonds is 4. The van der Waals surface area contributed by atoms with Crippen molar-refractivity contribution >= 4 is 11.6 Å². The van der Waals surface area contributed by atoms with E-state index in [0.717, 1.165) is 0 Å². The molecule has 82 valence electrons. The summed E-state index contributed by atoms with van der Waals surface area (Å²) >= 11 is 0. The van der Waals surface area contributed by atoms with Crippen molar-refractivity contribution in [1.29, 1.82) is 0 Å². The molecule has 1 heterocycles. The molecule has 1 aromatic heterocycles. The zero-order chi connectivity index (χ0) is 11.5. The summed E-state index contributed by atoms with van der Waals surface area (Å²) in [6.45, 7) is 5.79. The molecule has 0 atom stereocenters. The van der Waals surface area contributed by atoms with Crippen molar-refractivity contribution in [3.05, 3.63) is 23.9 Å². The van der Waals surface area contributed by atoms with Crippen molar-refractivity contribution < 1.29 is 9.53 Å². The van der Waals surface area contributed by atoms with Crippen LogP contribution in [-0.4, -0.2) is 23.0 Å². The van der Waals surface area contributed by atoms with Crippen LogP contribution in [0.2, 0.25) is 0 Å². The Bertz CT molecular complexity index is 361. The zero-order valence-corrected chi connectivity index (χ0v) is 9.28. The van der Waals surface area contributed by atoms with Gasteiger partial charge in [0.25, 0.3) is 0 Å². The maximum Gasteiger partial charge on any atom is 0.197 e. The molecule has 0 aliphatic carbocycles. The smallest absolute Gasteiger partial charge is 0.197 e. The van der Waals surface area contributed by atoms with Crippen molar-refractivity contribution in [3.8, 4) is 0 Å². The van der Waals surface area contributed by atoms with Gasteiger partial charge in [0.15, 0.2) is 5.78 Å². The second-order valence-corrected chi connectivity index (χ2v) is 3.71. The zero-order valence-electron chi connectivity index (χ0n) is 9.28. The molecular weight excluding hydrogens is 192 g/mol. The fourth-order valence-electron chi connectivity index (χ4n) is 1.36. The van der Waals surface area contributed by atoms with E-state index in [1.54, 1.807) is 32.2 Å². The highest BCUT2D eigenvalue weighted by atomic mass is 16.5. The molecule has 0 bridgehead atoms. The molecule has 0 unspecified atom stereocenters. The maximum absolute atomic E-state index is 12.0. The summed E-state index contributed by atoms with van der Waals surface area (Å²) < 4.78 is 5.37. The van der Waals surface area contributed by atoms with Crippen LogP contribution >= 0.6 is 0 Å². The van der Waals surface area contributed by atoms with E-state index in [0.29, 0.717) is 12.2 Å². The number of nitrogens with zero attached hydrogens (tertiary/aromatic N) is 1. The first-order chi connectivity index (χ1) is 6.99. The second kappa shape index (κ2) is 4.40. The average molecular weight is 208 g/mol. The van der Waals surface area contributed by atoms with Gasteiger partial charge in [0, 0.05) is 12.8 Å². The van der Waals surface area contributed by atoms with E-state index < -0.39 is 5.60 Å². The van der Waals surface area contributed by atoms with Gasteiger partial charge in [-0.25, -0.2) is 4.98 Å². The standard InChI is InChI=1S/C11H16N2O2/c1-4-15-11(2,3)9(14)8-6-5-7-13-10(8)12/h5-7H,4H2,1-3H3,(H2,12,13). The molecule has 0 aliphatic rings. The van der Waals surface area contributed by atoms with Crippen LogP contribution < -0.4 is 5.73 Å². The van der Waals surface area contributed by atoms with E-state index in [9.17, 15) is 4.79 Å². The monoisotopic (exact) mass is 208 g/mol. The van der Waals surface area contributed by atoms with E-state index in [-0.39, 0.29) is 11.6 Å². The lowest BCUT2D eigenvalue weighted by Gasteiger charge is -2.23. The Kier molecular flexibility index (Phi) is 3.42. The first-order valence-corrected chi connectivity index (χ1v) is 4.88. The Balaban J connectivity index is 2.99. The van der Waals surface area contributed by atoms with Crippen molar-refractivity contribution in [2.75, 3.05) is 12.3 Å². The number of carbonyl (C=O) groups is 1. The van der Waals surface area contributed by atoms with Gasteiger partial charge < -0.3 is 10.5 Å². The SMILES string of the molecule is CCOC(C)(C)C(=O)c1cccnc1N. The molecule has 0 saturated carbocycles. The number of ether oxygens (including phenoxy) is 1. The van der Waals surface area contributed by atoms with Crippen molar-refractivity contribution in [3.63, 3.8) is 0 Å². The number of carbonyl (C=O) groups excluding carboxylic acids is 1. The van der Waals surface area contributed by atoms with E-state index in [1.165, 1.54) is 0 Å². The van der Waals surface area contributed by atoms with Gasteiger partial charge in [-0.2, -0.15) is 0 Å². The average Bonchev–Trinajstić information content (AvgIpc) is 2.17. The van der Waals surface area contributed by atoms with E-state index in [4.69, 9.17) is 10.5 Å². The number of anilines is 1. The van der Waals surface area contributed by atoms with Crippen LogP contribution in [-0.2, 0) is 4.74 Å². The summed E-state index contributed by atoms with van der Waals surface area (Å²) in [5.41, 5.74) is 5.18. The minimum absolute atomic E-state index is 0.144. The Morgan fingerprint density at radius 1 is 1.60 bits per heavy atom. The predicted octanol–water partition coefficient (Wildman–Crippen LogP) is 1.66. The number of nitrogens with two attached hydrogens (primary N) is 1. The van der Waals surface area contributed by atoms with Crippen LogP contribution in [0.25, 0.3) is 0 Å². The number of Topliss-reactive ketones (excluding diaryl/α,β-unsaturated/α-hetero) is 1. The highest BCUT2D eigenvalue weighted by Gasteiger charge is 2.30. The predicted molar refractivity (Wildman–Crippen MR) is 58.7 cm³/mol. The Morgan fingerprint density at radius 3 is 2.80 bits per heavy atom. The summed E-state index contributed by atoms with van der Waals surface area (Å²) in [7, 11) is 0. The van der Waals surface area contributed by atoms with Gasteiger partial charge in [-0.05, 0) is 32.9 Å². The molecule has 2 N–H and O–H groups in total. The van der Waals surface area contributed by atoms with Crippen LogP contribution in [0.1, 0.15) is 31.1 Å². The summed E-state index contributed by atoms with van der Waals surface area (Å²) in [6, 6.07) is 3.34. The first-order valence-electron chi connectivity index (χ1n) is 4.88. The van der Waals surface area contributed by atoms with Gasteiger partial charge in [-0.3, -0.25) is 4.79 Å². The number of pyridine rings is 1. The quantitative estimate of drug-likeness (QED) is 0.764. The van der Waals surface area contributed by atoms with Gasteiger partial charge >= 0.3 is 0 Å². The van der Waals surface area contributed by atoms with E-state index in [1.807, 2.05) is 6.92 Å². The van der Waals surface area contributed by atoms with Crippen LogP contribution in [0.5, 0.6) is 0 Å². The number of nitrogen functional groups attached to an aromatic ring is 1. The van der Waals surface area contributed by atoms with Crippen molar-refractivity contribution in [2.45, 2.75) is 26.4 Å². The largest absolute Gasteiger partial charge is 0.383 e. The summed E-state index contributed by atoms with van der Waals surface area (Å²) in [5, 5.41) is 0. The van der Waals surface area contributed by atoms with Crippen LogP contribution in [0, 0.1) is 0 Å². The Hall–Kier alpha value is -1.42. The Morgan fingerprint density at radius 2 is 2.27 bits per heavy atom. The first kappa shape index (κ1) is 11.7. The molecule has 0 fully saturated rings. The molecule has 0 aromatic carbocycles. The lowest BCUT2D eigenvalue weighted by atomic mass is 9.97. The third kappa shape index (κ3) is 2.53. The Labute approximate surface area is 89.5 Å². The maximum atomic E-state index is 12.0. The van der Waals surface area contributed by atoms with Crippen molar-refractivity contribution in [1.82, 2.24) is 4.98 Å². The van der Waals surface area contributed by atoms with Gasteiger partial charge in [0.1, 0.15) is 11.4 Å². The van der Waals surface area contributed by atoms with Gasteiger partial charge in [0.05, 0.1) is 5.56 Å². The summed E-state index contributed by atoms with van der Waals surface area (Å²) in [4.78, 5) is 15.9. The number of aromatic nitrogens is 1. The number of hydrogen-bond donors (Lipinski definition) is 1. The summed E-state index contributed by atoms with van der Waals surface area (Å²) in [6.07, 6.45) is 1.56. The molecule has 1 aromatic rings. The summed E-state index contributed by atoms with van der Waals surface area (Å²) in [5.74, 6) is 0.102. The van der Waals surface area contributed by atoms with Crippen LogP contribution in [0.3, 0.4) is 0 Å². The molecule has 1 rings (SSSR count). The molecule has 15 heavy (non-hydrogen) atoms. The molecule has 0 saturated heterocycles. The number of hydrogen-bond acceptors (Lipinski definition) is 4. The highest BCUT2D eigenvalue weighted by molar-refractivity contribution is 6.05. The molecule has 0 amide bonds. The van der Waals surface area contributed by atoms with Gasteiger partial charge in [-0.1, -0.05) is 0 Å². The topological polar surface area (TPSA) is 65.2 Å². The fraction of sp³-hybridized carbons (Fsp3) is 0.455. The highest BCUT2D eigenvalue weighted by Crippen LogP contribution is 2.19. The third-order valence-electron chi connectivity index (χ3n) is 2.14. The van der Waals surface area contributed by atoms with E-state index in [2.05, 4.69) is 4.98 Å². The molecule has 0 aliphatic heterocycles. The minimum atomic E-state index is -0.855. The second-order valence-electron chi connectivity index (χ2n) is 3.71. The van der Waals surface area contributed by atoms with E-state index >= 15 is 0 Å². The van der Waals surface area contributed by atoms with Gasteiger partial charge in [0.2, 0.25) is 0 Å². The molecule has 0 radical (unpaired) electrons.